The highest BCUT2D eigenvalue weighted by molar-refractivity contribution is 5.91. The molecule has 0 fully saturated rings. The van der Waals surface area contributed by atoms with Gasteiger partial charge in [0.15, 0.2) is 11.5 Å². The molecule has 0 aliphatic rings. The van der Waals surface area contributed by atoms with Crippen LogP contribution in [0.15, 0.2) is 54.6 Å². The Morgan fingerprint density at radius 3 is 2.60 bits per heavy atom. The molecular formula is C20H23NO4. The predicted octanol–water partition coefficient (Wildman–Crippen LogP) is 3.05. The number of carbonyl (C=O) groups excluding carboxylic acids is 1. The van der Waals surface area contributed by atoms with Gasteiger partial charge in [0.2, 0.25) is 5.91 Å². The molecule has 2 aromatic carbocycles. The number of ether oxygens (including phenoxy) is 3. The van der Waals surface area contributed by atoms with Crippen LogP contribution < -0.4 is 14.8 Å². The molecule has 0 radical (unpaired) electrons. The van der Waals surface area contributed by atoms with Crippen LogP contribution in [-0.4, -0.2) is 33.3 Å². The molecule has 0 unspecified atom stereocenters. The molecule has 0 aromatic heterocycles. The summed E-state index contributed by atoms with van der Waals surface area (Å²) in [6.07, 6.45) is 3.21. The van der Waals surface area contributed by atoms with Gasteiger partial charge in [0.05, 0.1) is 13.7 Å². The second kappa shape index (κ2) is 10.2. The number of hydrogen-bond acceptors (Lipinski definition) is 4. The molecule has 0 heterocycles. The van der Waals surface area contributed by atoms with Crippen LogP contribution in [-0.2, 0) is 16.1 Å². The Bertz CT molecular complexity index is 698. The van der Waals surface area contributed by atoms with E-state index in [1.165, 1.54) is 6.08 Å². The van der Waals surface area contributed by atoms with Gasteiger partial charge in [-0.3, -0.25) is 4.79 Å². The Labute approximate surface area is 148 Å². The maximum absolute atomic E-state index is 11.7. The van der Waals surface area contributed by atoms with Gasteiger partial charge in [-0.2, -0.15) is 0 Å². The fourth-order valence-electron chi connectivity index (χ4n) is 2.15. The molecule has 2 rings (SSSR count). The molecule has 5 nitrogen and oxygen atoms in total. The van der Waals surface area contributed by atoms with Gasteiger partial charge in [-0.15, -0.1) is 0 Å². The second-order valence-corrected chi connectivity index (χ2v) is 5.30. The van der Waals surface area contributed by atoms with Crippen LogP contribution in [0.4, 0.5) is 0 Å². The van der Waals surface area contributed by atoms with Crippen LogP contribution in [0.2, 0.25) is 0 Å². The number of amides is 1. The standard InChI is InChI=1S/C20H23NO4/c1-23-13-12-21-20(22)11-9-16-8-10-18(19(14-16)24-2)25-15-17-6-4-3-5-7-17/h3-11,14H,12-13,15H2,1-2H3,(H,21,22)/b11-9+. The Morgan fingerprint density at radius 2 is 1.88 bits per heavy atom. The lowest BCUT2D eigenvalue weighted by Crippen LogP contribution is -2.24. The first kappa shape index (κ1) is 18.5. The quantitative estimate of drug-likeness (QED) is 0.563. The summed E-state index contributed by atoms with van der Waals surface area (Å²) in [5, 5.41) is 2.73. The van der Waals surface area contributed by atoms with Crippen molar-refractivity contribution >= 4 is 12.0 Å². The molecule has 25 heavy (non-hydrogen) atoms. The fraction of sp³-hybridized carbons (Fsp3) is 0.250. The van der Waals surface area contributed by atoms with Crippen molar-refractivity contribution in [1.29, 1.82) is 0 Å². The minimum Gasteiger partial charge on any atom is -0.493 e. The summed E-state index contributed by atoms with van der Waals surface area (Å²) < 4.78 is 16.1. The fourth-order valence-corrected chi connectivity index (χ4v) is 2.15. The first-order valence-electron chi connectivity index (χ1n) is 8.02. The zero-order valence-corrected chi connectivity index (χ0v) is 14.5. The van der Waals surface area contributed by atoms with Crippen LogP contribution in [0.3, 0.4) is 0 Å². The van der Waals surface area contributed by atoms with Gasteiger partial charge in [-0.25, -0.2) is 0 Å². The van der Waals surface area contributed by atoms with Gasteiger partial charge in [0.25, 0.3) is 0 Å². The number of rotatable bonds is 9. The Balaban J connectivity index is 1.97. The second-order valence-electron chi connectivity index (χ2n) is 5.30. The smallest absolute Gasteiger partial charge is 0.244 e. The van der Waals surface area contributed by atoms with Gasteiger partial charge in [-0.1, -0.05) is 36.4 Å². The Hall–Kier alpha value is -2.79. The zero-order chi connectivity index (χ0) is 17.9. The largest absolute Gasteiger partial charge is 0.493 e. The molecule has 2 aromatic rings. The van der Waals surface area contributed by atoms with E-state index in [1.807, 2.05) is 48.5 Å². The first-order chi connectivity index (χ1) is 12.2. The summed E-state index contributed by atoms with van der Waals surface area (Å²) in [6, 6.07) is 15.5. The SMILES string of the molecule is COCCNC(=O)/C=C/c1ccc(OCc2ccccc2)c(OC)c1. The van der Waals surface area contributed by atoms with Crippen molar-refractivity contribution in [1.82, 2.24) is 5.32 Å². The molecule has 132 valence electrons. The van der Waals surface area contributed by atoms with E-state index < -0.39 is 0 Å². The van der Waals surface area contributed by atoms with E-state index in [2.05, 4.69) is 5.32 Å². The summed E-state index contributed by atoms with van der Waals surface area (Å²) in [6.45, 7) is 1.43. The Morgan fingerprint density at radius 1 is 1.08 bits per heavy atom. The third-order valence-corrected chi connectivity index (χ3v) is 3.46. The summed E-state index contributed by atoms with van der Waals surface area (Å²) in [5.74, 6) is 1.12. The van der Waals surface area contributed by atoms with Crippen LogP contribution in [0.25, 0.3) is 6.08 Å². The average Bonchev–Trinajstić information content (AvgIpc) is 2.66. The molecule has 0 bridgehead atoms. The molecule has 0 spiro atoms. The van der Waals surface area contributed by atoms with Crippen LogP contribution >= 0.6 is 0 Å². The van der Waals surface area contributed by atoms with Gasteiger partial charge in [-0.05, 0) is 29.3 Å². The minimum absolute atomic E-state index is 0.166. The van der Waals surface area contributed by atoms with E-state index in [-0.39, 0.29) is 5.91 Å². The highest BCUT2D eigenvalue weighted by atomic mass is 16.5. The predicted molar refractivity (Wildman–Crippen MR) is 97.7 cm³/mol. The third-order valence-electron chi connectivity index (χ3n) is 3.46. The molecule has 1 N–H and O–H groups in total. The molecule has 5 heteroatoms. The summed E-state index contributed by atoms with van der Waals surface area (Å²) in [7, 11) is 3.19. The van der Waals surface area contributed by atoms with Gasteiger partial charge >= 0.3 is 0 Å². The monoisotopic (exact) mass is 341 g/mol. The topological polar surface area (TPSA) is 56.8 Å². The third kappa shape index (κ3) is 6.31. The van der Waals surface area contributed by atoms with E-state index in [0.717, 1.165) is 11.1 Å². The lowest BCUT2D eigenvalue weighted by Gasteiger charge is -2.11. The van der Waals surface area contributed by atoms with E-state index in [0.29, 0.717) is 31.3 Å². The van der Waals surface area contributed by atoms with E-state index in [4.69, 9.17) is 14.2 Å². The van der Waals surface area contributed by atoms with Crippen molar-refractivity contribution in [3.05, 3.63) is 65.7 Å². The molecule has 1 amide bonds. The van der Waals surface area contributed by atoms with Crippen LogP contribution in [0.1, 0.15) is 11.1 Å². The molecule has 0 atom stereocenters. The maximum atomic E-state index is 11.7. The summed E-state index contributed by atoms with van der Waals surface area (Å²) >= 11 is 0. The lowest BCUT2D eigenvalue weighted by atomic mass is 10.2. The highest BCUT2D eigenvalue weighted by Crippen LogP contribution is 2.29. The maximum Gasteiger partial charge on any atom is 0.244 e. The van der Waals surface area contributed by atoms with Gasteiger partial charge in [0.1, 0.15) is 6.61 Å². The van der Waals surface area contributed by atoms with Crippen molar-refractivity contribution < 1.29 is 19.0 Å². The number of carbonyl (C=O) groups is 1. The van der Waals surface area contributed by atoms with E-state index in [9.17, 15) is 4.79 Å². The van der Waals surface area contributed by atoms with Crippen molar-refractivity contribution in [3.8, 4) is 11.5 Å². The van der Waals surface area contributed by atoms with E-state index in [1.54, 1.807) is 20.3 Å². The molecule has 0 saturated heterocycles. The van der Waals surface area contributed by atoms with Crippen molar-refractivity contribution in [3.63, 3.8) is 0 Å². The Kier molecular flexibility index (Phi) is 7.53. The molecule has 0 aliphatic heterocycles. The highest BCUT2D eigenvalue weighted by Gasteiger charge is 2.05. The summed E-state index contributed by atoms with van der Waals surface area (Å²) in [4.78, 5) is 11.7. The lowest BCUT2D eigenvalue weighted by molar-refractivity contribution is -0.116. The molecule has 0 aliphatic carbocycles. The van der Waals surface area contributed by atoms with Crippen molar-refractivity contribution in [2.75, 3.05) is 27.4 Å². The van der Waals surface area contributed by atoms with E-state index >= 15 is 0 Å². The zero-order valence-electron chi connectivity index (χ0n) is 14.5. The first-order valence-corrected chi connectivity index (χ1v) is 8.02. The average molecular weight is 341 g/mol. The molecular weight excluding hydrogens is 318 g/mol. The van der Waals surface area contributed by atoms with Gasteiger partial charge in [0, 0.05) is 19.7 Å². The summed E-state index contributed by atoms with van der Waals surface area (Å²) in [5.41, 5.74) is 1.94. The minimum atomic E-state index is -0.166. The van der Waals surface area contributed by atoms with Crippen molar-refractivity contribution in [2.45, 2.75) is 6.61 Å². The number of benzene rings is 2. The number of methoxy groups -OCH3 is 2. The van der Waals surface area contributed by atoms with Crippen LogP contribution in [0, 0.1) is 0 Å². The number of hydrogen-bond donors (Lipinski definition) is 1. The number of nitrogens with one attached hydrogen (secondary N) is 1. The van der Waals surface area contributed by atoms with Gasteiger partial charge < -0.3 is 19.5 Å². The molecule has 0 saturated carbocycles. The van der Waals surface area contributed by atoms with Crippen molar-refractivity contribution in [2.24, 2.45) is 0 Å². The normalized spacial score (nSPS) is 10.6. The van der Waals surface area contributed by atoms with Crippen LogP contribution in [0.5, 0.6) is 11.5 Å².